The zero-order valence-electron chi connectivity index (χ0n) is 13.1. The molecule has 2 heterocycles. The Morgan fingerprint density at radius 2 is 1.64 bits per heavy atom. The van der Waals surface area contributed by atoms with E-state index in [2.05, 4.69) is 0 Å². The first kappa shape index (κ1) is 17.6. The lowest BCUT2D eigenvalue weighted by Crippen LogP contribution is -2.57. The Bertz CT molecular complexity index is 470. The van der Waals surface area contributed by atoms with Crippen LogP contribution in [0.3, 0.4) is 0 Å². The van der Waals surface area contributed by atoms with Crippen molar-refractivity contribution in [3.63, 3.8) is 0 Å². The summed E-state index contributed by atoms with van der Waals surface area (Å²) in [6.07, 6.45) is 1.52. The molecule has 8 nitrogen and oxygen atoms in total. The van der Waals surface area contributed by atoms with Gasteiger partial charge in [0, 0.05) is 39.3 Å². The number of hydrogen-bond acceptors (Lipinski definition) is 5. The SMILES string of the molecule is CCCC(N)C(=O)N1CCN(S(=O)(=O)N2CCOCC2)CC1. The summed E-state index contributed by atoms with van der Waals surface area (Å²) in [5, 5.41) is 0. The summed E-state index contributed by atoms with van der Waals surface area (Å²) in [5.74, 6) is -0.0785. The maximum atomic E-state index is 12.5. The summed E-state index contributed by atoms with van der Waals surface area (Å²) in [7, 11) is -3.45. The molecule has 22 heavy (non-hydrogen) atoms. The van der Waals surface area contributed by atoms with Crippen molar-refractivity contribution >= 4 is 16.1 Å². The minimum absolute atomic E-state index is 0.0785. The van der Waals surface area contributed by atoms with Crippen molar-refractivity contribution in [2.45, 2.75) is 25.8 Å². The summed E-state index contributed by atoms with van der Waals surface area (Å²) in [5.41, 5.74) is 5.85. The Morgan fingerprint density at radius 1 is 1.09 bits per heavy atom. The summed E-state index contributed by atoms with van der Waals surface area (Å²) >= 11 is 0. The van der Waals surface area contributed by atoms with Gasteiger partial charge in [0.15, 0.2) is 0 Å². The molecule has 1 amide bonds. The Hall–Kier alpha value is -0.740. The Balaban J connectivity index is 1.89. The molecule has 0 aliphatic carbocycles. The molecule has 2 rings (SSSR count). The smallest absolute Gasteiger partial charge is 0.282 e. The van der Waals surface area contributed by atoms with Gasteiger partial charge in [-0.3, -0.25) is 4.79 Å². The van der Waals surface area contributed by atoms with Gasteiger partial charge in [-0.05, 0) is 6.42 Å². The van der Waals surface area contributed by atoms with Gasteiger partial charge < -0.3 is 15.4 Å². The normalized spacial score (nSPS) is 23.5. The predicted octanol–water partition coefficient (Wildman–Crippen LogP) is -1.16. The van der Waals surface area contributed by atoms with Crippen LogP contribution >= 0.6 is 0 Å². The second-order valence-corrected chi connectivity index (χ2v) is 7.57. The molecule has 0 aromatic rings. The van der Waals surface area contributed by atoms with Crippen molar-refractivity contribution in [3.05, 3.63) is 0 Å². The summed E-state index contributed by atoms with van der Waals surface area (Å²) < 4.78 is 33.1. The molecular formula is C13H26N4O4S. The van der Waals surface area contributed by atoms with E-state index in [-0.39, 0.29) is 5.91 Å². The lowest BCUT2D eigenvalue weighted by atomic mass is 10.1. The van der Waals surface area contributed by atoms with Gasteiger partial charge in [0.05, 0.1) is 19.3 Å². The van der Waals surface area contributed by atoms with E-state index >= 15 is 0 Å². The number of nitrogens with two attached hydrogens (primary N) is 1. The van der Waals surface area contributed by atoms with E-state index in [1.807, 2.05) is 6.92 Å². The lowest BCUT2D eigenvalue weighted by molar-refractivity contribution is -0.134. The zero-order valence-corrected chi connectivity index (χ0v) is 13.9. The average Bonchev–Trinajstić information content (AvgIpc) is 2.55. The number of piperazine rings is 1. The van der Waals surface area contributed by atoms with Gasteiger partial charge in [0.1, 0.15) is 0 Å². The fourth-order valence-corrected chi connectivity index (χ4v) is 4.31. The van der Waals surface area contributed by atoms with E-state index in [4.69, 9.17) is 10.5 Å². The molecule has 2 saturated heterocycles. The fraction of sp³-hybridized carbons (Fsp3) is 0.923. The second kappa shape index (κ2) is 7.69. The van der Waals surface area contributed by atoms with Crippen molar-refractivity contribution in [2.24, 2.45) is 5.73 Å². The van der Waals surface area contributed by atoms with E-state index < -0.39 is 16.3 Å². The van der Waals surface area contributed by atoms with E-state index in [0.717, 1.165) is 6.42 Å². The van der Waals surface area contributed by atoms with Crippen LogP contribution in [-0.2, 0) is 19.7 Å². The number of amides is 1. The molecule has 128 valence electrons. The maximum absolute atomic E-state index is 12.5. The molecule has 2 N–H and O–H groups in total. The molecule has 0 radical (unpaired) electrons. The first-order valence-corrected chi connectivity index (χ1v) is 9.24. The average molecular weight is 334 g/mol. The van der Waals surface area contributed by atoms with Crippen LogP contribution in [0.15, 0.2) is 0 Å². The zero-order chi connectivity index (χ0) is 16.2. The second-order valence-electron chi connectivity index (χ2n) is 5.64. The van der Waals surface area contributed by atoms with Crippen molar-refractivity contribution in [2.75, 3.05) is 52.5 Å². The molecule has 2 fully saturated rings. The van der Waals surface area contributed by atoms with Crippen LogP contribution in [0.5, 0.6) is 0 Å². The molecule has 0 spiro atoms. The van der Waals surface area contributed by atoms with E-state index in [1.54, 1.807) is 4.90 Å². The Morgan fingerprint density at radius 3 is 2.18 bits per heavy atom. The number of carbonyl (C=O) groups is 1. The minimum Gasteiger partial charge on any atom is -0.379 e. The van der Waals surface area contributed by atoms with E-state index in [9.17, 15) is 13.2 Å². The highest BCUT2D eigenvalue weighted by atomic mass is 32.2. The van der Waals surface area contributed by atoms with Crippen molar-refractivity contribution in [1.82, 2.24) is 13.5 Å². The molecule has 2 aliphatic rings. The first-order chi connectivity index (χ1) is 10.5. The van der Waals surface area contributed by atoms with Crippen LogP contribution in [0, 0.1) is 0 Å². The van der Waals surface area contributed by atoms with Gasteiger partial charge in [-0.15, -0.1) is 0 Å². The molecule has 0 aromatic carbocycles. The largest absolute Gasteiger partial charge is 0.379 e. The van der Waals surface area contributed by atoms with Crippen LogP contribution in [0.25, 0.3) is 0 Å². The molecule has 0 aromatic heterocycles. The lowest BCUT2D eigenvalue weighted by Gasteiger charge is -2.38. The molecule has 1 unspecified atom stereocenters. The number of ether oxygens (including phenoxy) is 1. The quantitative estimate of drug-likeness (QED) is 0.684. The third-order valence-electron chi connectivity index (χ3n) is 4.09. The molecule has 1 atom stereocenters. The van der Waals surface area contributed by atoms with Crippen LogP contribution in [0.1, 0.15) is 19.8 Å². The highest BCUT2D eigenvalue weighted by molar-refractivity contribution is 7.86. The van der Waals surface area contributed by atoms with Gasteiger partial charge >= 0.3 is 0 Å². The standard InChI is InChI=1S/C13H26N4O4S/c1-2-3-12(14)13(18)15-4-6-16(7-5-15)22(19,20)17-8-10-21-11-9-17/h12H,2-11,14H2,1H3. The van der Waals surface area contributed by atoms with Gasteiger partial charge in [-0.1, -0.05) is 13.3 Å². The monoisotopic (exact) mass is 334 g/mol. The number of carbonyl (C=O) groups excluding carboxylic acids is 1. The number of rotatable bonds is 5. The third kappa shape index (κ3) is 3.96. The van der Waals surface area contributed by atoms with Gasteiger partial charge in [-0.25, -0.2) is 0 Å². The highest BCUT2D eigenvalue weighted by Crippen LogP contribution is 2.14. The topological polar surface area (TPSA) is 96.2 Å². The van der Waals surface area contributed by atoms with Crippen LogP contribution in [0.4, 0.5) is 0 Å². The van der Waals surface area contributed by atoms with Crippen LogP contribution in [-0.4, -0.2) is 86.4 Å². The van der Waals surface area contributed by atoms with Gasteiger partial charge in [0.25, 0.3) is 10.2 Å². The van der Waals surface area contributed by atoms with Crippen LogP contribution < -0.4 is 5.73 Å². The number of nitrogens with zero attached hydrogens (tertiary/aromatic N) is 3. The molecule has 2 aliphatic heterocycles. The molecule has 0 saturated carbocycles. The Labute approximate surface area is 132 Å². The van der Waals surface area contributed by atoms with Gasteiger partial charge in [-0.2, -0.15) is 17.0 Å². The minimum atomic E-state index is -3.45. The molecular weight excluding hydrogens is 308 g/mol. The molecule has 0 bridgehead atoms. The predicted molar refractivity (Wildman–Crippen MR) is 82.3 cm³/mol. The highest BCUT2D eigenvalue weighted by Gasteiger charge is 2.34. The Kier molecular flexibility index (Phi) is 6.16. The summed E-state index contributed by atoms with van der Waals surface area (Å²) in [6, 6.07) is -0.479. The summed E-state index contributed by atoms with van der Waals surface area (Å²) in [6.45, 7) is 5.09. The maximum Gasteiger partial charge on any atom is 0.282 e. The summed E-state index contributed by atoms with van der Waals surface area (Å²) in [4.78, 5) is 13.8. The van der Waals surface area contributed by atoms with Crippen molar-refractivity contribution in [1.29, 1.82) is 0 Å². The van der Waals surface area contributed by atoms with Gasteiger partial charge in [0.2, 0.25) is 5.91 Å². The van der Waals surface area contributed by atoms with Crippen molar-refractivity contribution < 1.29 is 17.9 Å². The number of morpholine rings is 1. The first-order valence-electron chi connectivity index (χ1n) is 7.84. The van der Waals surface area contributed by atoms with E-state index in [0.29, 0.717) is 58.9 Å². The third-order valence-corrected chi connectivity index (χ3v) is 6.13. The fourth-order valence-electron chi connectivity index (χ4n) is 2.75. The van der Waals surface area contributed by atoms with Crippen molar-refractivity contribution in [3.8, 4) is 0 Å². The van der Waals surface area contributed by atoms with E-state index in [1.165, 1.54) is 8.61 Å². The number of hydrogen-bond donors (Lipinski definition) is 1. The molecule has 9 heteroatoms. The van der Waals surface area contributed by atoms with Crippen LogP contribution in [0.2, 0.25) is 0 Å².